The smallest absolute Gasteiger partial charge is 0.252 e. The number of rotatable bonds is 18. The van der Waals surface area contributed by atoms with Gasteiger partial charge in [-0.15, -0.1) is 0 Å². The molecule has 352 valence electrons. The van der Waals surface area contributed by atoms with Crippen molar-refractivity contribution in [2.45, 2.75) is 97.3 Å². The van der Waals surface area contributed by atoms with E-state index in [0.717, 1.165) is 6.34 Å². The van der Waals surface area contributed by atoms with Crippen molar-refractivity contribution in [1.82, 2.24) is 36.5 Å². The minimum Gasteiger partial charge on any atom is -0.390 e. The fraction of sp³-hybridized carbons (Fsp3) is 0.465. The highest BCUT2D eigenvalue weighted by molar-refractivity contribution is 6.01. The average molecular weight is 903 g/mol. The summed E-state index contributed by atoms with van der Waals surface area (Å²) in [4.78, 5) is 115. The minimum absolute atomic E-state index is 0.0662. The van der Waals surface area contributed by atoms with Gasteiger partial charge in [-0.1, -0.05) is 26.3 Å². The van der Waals surface area contributed by atoms with E-state index in [1.165, 1.54) is 37.2 Å². The molecule has 2 bridgehead atoms. The number of nitrogens with two attached hydrogens (primary N) is 1. The molecular weight excluding hydrogens is 841 g/mol. The number of Topliss-reactive ketones (excluding diaryl/α,β-unsaturated/α-hetero) is 1. The van der Waals surface area contributed by atoms with Crippen LogP contribution in [0.1, 0.15) is 98.9 Å². The molecule has 11 N–H and O–H groups in total. The Labute approximate surface area is 378 Å². The number of aliphatic imine (C=N–C) groups is 1. The zero-order valence-electron chi connectivity index (χ0n) is 37.5. The third kappa shape index (κ3) is 19.3. The molecule has 22 heteroatoms. The van der Waals surface area contributed by atoms with Gasteiger partial charge in [0.05, 0.1) is 18.4 Å². The number of hydrogen-bond acceptors (Lipinski definition) is 14. The van der Waals surface area contributed by atoms with Crippen LogP contribution in [-0.4, -0.2) is 114 Å². The number of fused-ring (bicyclic) bond motifs is 2. The lowest BCUT2D eigenvalue weighted by molar-refractivity contribution is -0.141. The Bertz CT molecular complexity index is 2040. The SMILES string of the molecule is C/C=C/C=N\Nc1ccc(C(=O)NCCCCCC(=O)Nc2cc3cc(c2)C(=O)NC(C(C)C)C(=O)N(C)[C@@H](CCCN=CN)C(=O)NCC(=O)N[C@@H](CC(C)=O)C(=O)NC3)cn1.N=N. The fourth-order valence-electron chi connectivity index (χ4n) is 6.34. The minimum atomic E-state index is -1.29. The Morgan fingerprint density at radius 2 is 1.72 bits per heavy atom. The number of carbonyl (C=O) groups is 8. The first-order valence-corrected chi connectivity index (χ1v) is 21.1. The molecular formula is C43H62N14O8. The van der Waals surface area contributed by atoms with E-state index in [1.54, 1.807) is 44.3 Å². The van der Waals surface area contributed by atoms with Crippen LogP contribution in [0.4, 0.5) is 11.5 Å². The van der Waals surface area contributed by atoms with Gasteiger partial charge in [-0.05, 0) is 87.4 Å². The second kappa shape index (κ2) is 29.1. The molecule has 1 aliphatic heterocycles. The van der Waals surface area contributed by atoms with Gasteiger partial charge in [0.1, 0.15) is 29.7 Å². The molecule has 0 saturated carbocycles. The lowest BCUT2D eigenvalue weighted by Crippen LogP contribution is -2.57. The van der Waals surface area contributed by atoms with E-state index in [2.05, 4.69) is 52.4 Å². The lowest BCUT2D eigenvalue weighted by atomic mass is 9.99. The maximum Gasteiger partial charge on any atom is 0.252 e. The highest BCUT2D eigenvalue weighted by atomic mass is 16.2. The average Bonchev–Trinajstić information content (AvgIpc) is 3.28. The van der Waals surface area contributed by atoms with Crippen LogP contribution in [0.5, 0.6) is 0 Å². The van der Waals surface area contributed by atoms with Crippen molar-refractivity contribution in [3.8, 4) is 0 Å². The number of aromatic nitrogens is 1. The summed E-state index contributed by atoms with van der Waals surface area (Å²) in [5, 5.41) is 20.1. The Morgan fingerprint density at radius 1 is 0.985 bits per heavy atom. The predicted octanol–water partition coefficient (Wildman–Crippen LogP) is 2.14. The van der Waals surface area contributed by atoms with E-state index < -0.39 is 60.1 Å². The van der Waals surface area contributed by atoms with E-state index in [-0.39, 0.29) is 61.2 Å². The Hall–Kier alpha value is -7.39. The first-order chi connectivity index (χ1) is 31.1. The normalized spacial score (nSPS) is 17.6. The highest BCUT2D eigenvalue weighted by Gasteiger charge is 2.34. The molecule has 22 nitrogen and oxygen atoms in total. The Balaban J connectivity index is 0.00000715. The van der Waals surface area contributed by atoms with Crippen LogP contribution >= 0.6 is 0 Å². The molecule has 3 rings (SSSR count). The van der Waals surface area contributed by atoms with Gasteiger partial charge in [0.2, 0.25) is 29.5 Å². The second-order valence-electron chi connectivity index (χ2n) is 15.2. The summed E-state index contributed by atoms with van der Waals surface area (Å²) in [5.41, 5.74) is 19.2. The summed E-state index contributed by atoms with van der Waals surface area (Å²) >= 11 is 0. The highest BCUT2D eigenvalue weighted by Crippen LogP contribution is 2.19. The van der Waals surface area contributed by atoms with Crippen molar-refractivity contribution >= 4 is 71.2 Å². The molecule has 7 amide bonds. The number of benzene rings is 1. The number of hydrazone groups is 1. The standard InChI is InChI=1S/C43H60N12O8.H2N2/c1-6-7-18-50-54-35-15-14-30(24-47-35)39(59)46-17-10-8-9-13-36(57)51-32-21-29-20-31(22-32)40(60)53-38(27(2)3)43(63)55(5)34(12-11-16-45-26-44)42(62)49-25-37(58)52-33(19-28(4)56)41(61)48-23-29;1-2/h6-7,14-15,18,20-22,24,26-27,33-34,38H,8-13,16-17,19,23,25H2,1-5H3,(H2,44,45)(H,46,59)(H,47,54)(H,48,61)(H,49,62)(H,51,57)(H,52,58)(H,53,60);1-2H/b7-6+,50-18-;/t33-,34-,38?;/m0./s1. The summed E-state index contributed by atoms with van der Waals surface area (Å²) in [7, 11) is 1.43. The molecule has 0 aliphatic carbocycles. The number of likely N-dealkylation sites (N-methyl/N-ethyl adjacent to an activating group) is 1. The van der Waals surface area contributed by atoms with Crippen molar-refractivity contribution in [2.24, 2.45) is 21.7 Å². The molecule has 1 unspecified atom stereocenters. The van der Waals surface area contributed by atoms with Gasteiger partial charge in [0.15, 0.2) is 0 Å². The Kier molecular flexibility index (Phi) is 24.0. The molecule has 1 aliphatic rings. The van der Waals surface area contributed by atoms with Crippen LogP contribution in [0.15, 0.2) is 58.8 Å². The van der Waals surface area contributed by atoms with E-state index in [9.17, 15) is 38.4 Å². The molecule has 0 radical (unpaired) electrons. The molecule has 2 heterocycles. The van der Waals surface area contributed by atoms with Crippen LogP contribution in [-0.2, 0) is 35.3 Å². The summed E-state index contributed by atoms with van der Waals surface area (Å²) < 4.78 is 0. The lowest BCUT2D eigenvalue weighted by Gasteiger charge is -2.32. The van der Waals surface area contributed by atoms with Crippen LogP contribution in [0.2, 0.25) is 0 Å². The van der Waals surface area contributed by atoms with Crippen molar-refractivity contribution < 1.29 is 38.4 Å². The third-order valence-corrected chi connectivity index (χ3v) is 9.70. The van der Waals surface area contributed by atoms with Crippen LogP contribution in [0, 0.1) is 17.0 Å². The number of carbonyl (C=O) groups excluding carboxylic acids is 8. The number of anilines is 2. The quantitative estimate of drug-likeness (QED) is 0.0340. The maximum absolute atomic E-state index is 14.0. The van der Waals surface area contributed by atoms with Gasteiger partial charge < -0.3 is 42.5 Å². The molecule has 0 spiro atoms. The summed E-state index contributed by atoms with van der Waals surface area (Å²) in [6.45, 7) is 6.54. The van der Waals surface area contributed by atoms with Gasteiger partial charge in [-0.25, -0.2) is 16.0 Å². The van der Waals surface area contributed by atoms with Gasteiger partial charge in [0.25, 0.3) is 11.8 Å². The molecule has 1 aromatic heterocycles. The third-order valence-electron chi connectivity index (χ3n) is 9.70. The van der Waals surface area contributed by atoms with Crippen LogP contribution in [0.3, 0.4) is 0 Å². The van der Waals surface area contributed by atoms with Crippen molar-refractivity contribution in [2.75, 3.05) is 37.4 Å². The molecule has 0 fully saturated rings. The zero-order valence-corrected chi connectivity index (χ0v) is 37.5. The van der Waals surface area contributed by atoms with Gasteiger partial charge in [0, 0.05) is 63.2 Å². The molecule has 1 aromatic carbocycles. The number of nitrogens with one attached hydrogen (secondary N) is 9. The molecule has 65 heavy (non-hydrogen) atoms. The number of amides is 7. The van der Waals surface area contributed by atoms with E-state index in [0.29, 0.717) is 49.2 Å². The van der Waals surface area contributed by atoms with E-state index in [1.807, 2.05) is 13.0 Å². The topological polar surface area (TPSA) is 335 Å². The second-order valence-corrected chi connectivity index (χ2v) is 15.2. The van der Waals surface area contributed by atoms with Crippen molar-refractivity contribution in [3.63, 3.8) is 0 Å². The van der Waals surface area contributed by atoms with Crippen molar-refractivity contribution in [1.29, 1.82) is 11.1 Å². The number of unbranched alkanes of at least 4 members (excludes halogenated alkanes) is 2. The van der Waals surface area contributed by atoms with Gasteiger partial charge in [-0.3, -0.25) is 48.8 Å². The largest absolute Gasteiger partial charge is 0.390 e. The monoisotopic (exact) mass is 902 g/mol. The maximum atomic E-state index is 14.0. The zero-order chi connectivity index (χ0) is 48.3. The fourth-order valence-corrected chi connectivity index (χ4v) is 6.34. The number of hydrogen-bond donors (Lipinski definition) is 10. The van der Waals surface area contributed by atoms with E-state index >= 15 is 0 Å². The molecule has 2 aromatic rings. The molecule has 3 atom stereocenters. The van der Waals surface area contributed by atoms with Gasteiger partial charge >= 0.3 is 0 Å². The number of allylic oxidation sites excluding steroid dienone is 2. The van der Waals surface area contributed by atoms with Crippen LogP contribution in [0.25, 0.3) is 0 Å². The number of ketones is 1. The first kappa shape index (κ1) is 53.7. The number of pyridine rings is 1. The van der Waals surface area contributed by atoms with E-state index in [4.69, 9.17) is 16.8 Å². The van der Waals surface area contributed by atoms with Gasteiger partial charge in [-0.2, -0.15) is 5.10 Å². The predicted molar refractivity (Wildman–Crippen MR) is 244 cm³/mol. The number of nitrogens with zero attached hydrogens (tertiary/aromatic N) is 4. The Morgan fingerprint density at radius 3 is 2.38 bits per heavy atom. The van der Waals surface area contributed by atoms with Crippen LogP contribution < -0.4 is 43.1 Å². The van der Waals surface area contributed by atoms with Crippen molar-refractivity contribution in [3.05, 3.63) is 65.4 Å². The summed E-state index contributed by atoms with van der Waals surface area (Å²) in [6.07, 6.45) is 9.75. The first-order valence-electron chi connectivity index (χ1n) is 21.1. The molecule has 0 saturated heterocycles. The summed E-state index contributed by atoms with van der Waals surface area (Å²) in [5.74, 6) is -4.27. The summed E-state index contributed by atoms with van der Waals surface area (Å²) in [6, 6.07) is 4.33.